The Labute approximate surface area is 136 Å². The SMILES string of the molecule is COc1ccc(S(=O)(=O)NC2CCCC2CN)c2ccccc12. The van der Waals surface area contributed by atoms with Gasteiger partial charge in [0.25, 0.3) is 0 Å². The number of ether oxygens (including phenoxy) is 1. The summed E-state index contributed by atoms with van der Waals surface area (Å²) in [6.07, 6.45) is 2.83. The summed E-state index contributed by atoms with van der Waals surface area (Å²) in [6, 6.07) is 10.6. The fourth-order valence-electron chi connectivity index (χ4n) is 3.39. The smallest absolute Gasteiger partial charge is 0.241 e. The second-order valence-electron chi connectivity index (χ2n) is 5.97. The highest BCUT2D eigenvalue weighted by Crippen LogP contribution is 2.32. The van der Waals surface area contributed by atoms with Crippen LogP contribution < -0.4 is 15.2 Å². The van der Waals surface area contributed by atoms with Crippen LogP contribution in [0.4, 0.5) is 0 Å². The van der Waals surface area contributed by atoms with Crippen molar-refractivity contribution in [3.05, 3.63) is 36.4 Å². The van der Waals surface area contributed by atoms with Crippen molar-refractivity contribution in [3.8, 4) is 5.75 Å². The van der Waals surface area contributed by atoms with Gasteiger partial charge in [0.15, 0.2) is 0 Å². The number of fused-ring (bicyclic) bond motifs is 1. The van der Waals surface area contributed by atoms with E-state index in [2.05, 4.69) is 4.72 Å². The number of sulfonamides is 1. The molecule has 1 aliphatic carbocycles. The van der Waals surface area contributed by atoms with Gasteiger partial charge in [-0.15, -0.1) is 0 Å². The van der Waals surface area contributed by atoms with Gasteiger partial charge >= 0.3 is 0 Å². The maximum absolute atomic E-state index is 12.9. The van der Waals surface area contributed by atoms with E-state index in [1.165, 1.54) is 0 Å². The number of hydrogen-bond acceptors (Lipinski definition) is 4. The van der Waals surface area contributed by atoms with Crippen molar-refractivity contribution < 1.29 is 13.2 Å². The summed E-state index contributed by atoms with van der Waals surface area (Å²) in [6.45, 7) is 0.510. The monoisotopic (exact) mass is 334 g/mol. The standard InChI is InChI=1S/C17H22N2O3S/c1-22-16-9-10-17(14-7-3-2-6-13(14)16)23(20,21)19-15-8-4-5-12(15)11-18/h2-3,6-7,9-10,12,15,19H,4-5,8,11,18H2,1H3. The summed E-state index contributed by atoms with van der Waals surface area (Å²) in [7, 11) is -2.02. The van der Waals surface area contributed by atoms with E-state index < -0.39 is 10.0 Å². The summed E-state index contributed by atoms with van der Waals surface area (Å²) in [5, 5.41) is 1.46. The van der Waals surface area contributed by atoms with Crippen LogP contribution in [0.2, 0.25) is 0 Å². The van der Waals surface area contributed by atoms with Crippen molar-refractivity contribution >= 4 is 20.8 Å². The molecule has 3 rings (SSSR count). The quantitative estimate of drug-likeness (QED) is 0.879. The third-order valence-electron chi connectivity index (χ3n) is 4.62. The molecule has 124 valence electrons. The highest BCUT2D eigenvalue weighted by molar-refractivity contribution is 7.89. The Morgan fingerprint density at radius 3 is 2.61 bits per heavy atom. The van der Waals surface area contributed by atoms with Crippen LogP contribution in [0.15, 0.2) is 41.3 Å². The van der Waals surface area contributed by atoms with Crippen LogP contribution in [0, 0.1) is 5.92 Å². The van der Waals surface area contributed by atoms with Gasteiger partial charge in [0.2, 0.25) is 10.0 Å². The molecule has 23 heavy (non-hydrogen) atoms. The van der Waals surface area contributed by atoms with Gasteiger partial charge in [0.05, 0.1) is 12.0 Å². The number of benzene rings is 2. The molecule has 1 aliphatic rings. The normalized spacial score (nSPS) is 21.7. The van der Waals surface area contributed by atoms with E-state index in [1.54, 1.807) is 19.2 Å². The molecule has 0 heterocycles. The Hall–Kier alpha value is -1.63. The molecular weight excluding hydrogens is 312 g/mol. The molecule has 0 amide bonds. The summed E-state index contributed by atoms with van der Waals surface area (Å²) in [5.41, 5.74) is 5.76. The van der Waals surface area contributed by atoms with Crippen LogP contribution in [0.3, 0.4) is 0 Å². The Kier molecular flexibility index (Phi) is 4.57. The average molecular weight is 334 g/mol. The van der Waals surface area contributed by atoms with E-state index in [1.807, 2.05) is 24.3 Å². The Balaban J connectivity index is 2.02. The minimum absolute atomic E-state index is 0.0779. The largest absolute Gasteiger partial charge is 0.496 e. The van der Waals surface area contributed by atoms with Crippen molar-refractivity contribution in [1.29, 1.82) is 0 Å². The molecule has 6 heteroatoms. The van der Waals surface area contributed by atoms with Crippen molar-refractivity contribution in [1.82, 2.24) is 4.72 Å². The highest BCUT2D eigenvalue weighted by Gasteiger charge is 2.31. The van der Waals surface area contributed by atoms with Crippen LogP contribution in [-0.2, 0) is 10.0 Å². The van der Waals surface area contributed by atoms with Gasteiger partial charge in [0, 0.05) is 16.8 Å². The predicted octanol–water partition coefficient (Wildman–Crippen LogP) is 2.25. The summed E-state index contributed by atoms with van der Waals surface area (Å²) < 4.78 is 33.9. The molecule has 0 aliphatic heterocycles. The lowest BCUT2D eigenvalue weighted by atomic mass is 10.1. The third-order valence-corrected chi connectivity index (χ3v) is 6.17. The minimum atomic E-state index is -3.60. The van der Waals surface area contributed by atoms with Crippen LogP contribution in [0.1, 0.15) is 19.3 Å². The zero-order chi connectivity index (χ0) is 16.4. The van der Waals surface area contributed by atoms with Gasteiger partial charge in [-0.05, 0) is 37.4 Å². The first-order valence-corrected chi connectivity index (χ1v) is 9.33. The molecule has 2 aromatic rings. The van der Waals surface area contributed by atoms with Crippen molar-refractivity contribution in [2.75, 3.05) is 13.7 Å². The Bertz CT molecular complexity index is 805. The maximum Gasteiger partial charge on any atom is 0.241 e. The maximum atomic E-state index is 12.9. The van der Waals surface area contributed by atoms with Crippen molar-refractivity contribution in [2.45, 2.75) is 30.2 Å². The first kappa shape index (κ1) is 16.2. The molecule has 0 bridgehead atoms. The lowest BCUT2D eigenvalue weighted by Gasteiger charge is -2.20. The number of nitrogens with one attached hydrogen (secondary N) is 1. The Morgan fingerprint density at radius 2 is 1.91 bits per heavy atom. The third kappa shape index (κ3) is 3.06. The predicted molar refractivity (Wildman–Crippen MR) is 91.0 cm³/mol. The van der Waals surface area contributed by atoms with E-state index in [-0.39, 0.29) is 16.9 Å². The number of rotatable bonds is 5. The van der Waals surface area contributed by atoms with E-state index in [0.717, 1.165) is 24.6 Å². The van der Waals surface area contributed by atoms with E-state index in [9.17, 15) is 8.42 Å². The molecule has 2 aromatic carbocycles. The topological polar surface area (TPSA) is 81.4 Å². The Morgan fingerprint density at radius 1 is 1.17 bits per heavy atom. The van der Waals surface area contributed by atoms with E-state index >= 15 is 0 Å². The highest BCUT2D eigenvalue weighted by atomic mass is 32.2. The zero-order valence-electron chi connectivity index (χ0n) is 13.2. The van der Waals surface area contributed by atoms with Crippen LogP contribution in [0.25, 0.3) is 10.8 Å². The first-order chi connectivity index (χ1) is 11.1. The van der Waals surface area contributed by atoms with E-state index in [4.69, 9.17) is 10.5 Å². The van der Waals surface area contributed by atoms with Gasteiger partial charge in [0.1, 0.15) is 5.75 Å². The number of hydrogen-bond donors (Lipinski definition) is 2. The molecule has 0 aromatic heterocycles. The van der Waals surface area contributed by atoms with Crippen molar-refractivity contribution in [3.63, 3.8) is 0 Å². The molecule has 2 atom stereocenters. The molecule has 2 unspecified atom stereocenters. The zero-order valence-corrected chi connectivity index (χ0v) is 14.0. The molecule has 3 N–H and O–H groups in total. The summed E-state index contributed by atoms with van der Waals surface area (Å²) in [5.74, 6) is 0.884. The number of methoxy groups -OCH3 is 1. The van der Waals surface area contributed by atoms with Gasteiger partial charge in [-0.1, -0.05) is 30.7 Å². The van der Waals surface area contributed by atoms with Crippen LogP contribution >= 0.6 is 0 Å². The van der Waals surface area contributed by atoms with Crippen LogP contribution in [0.5, 0.6) is 5.75 Å². The minimum Gasteiger partial charge on any atom is -0.496 e. The van der Waals surface area contributed by atoms with Crippen molar-refractivity contribution in [2.24, 2.45) is 11.7 Å². The molecule has 1 saturated carbocycles. The molecule has 0 spiro atoms. The summed E-state index contributed by atoms with van der Waals surface area (Å²) >= 11 is 0. The fraction of sp³-hybridized carbons (Fsp3) is 0.412. The number of nitrogens with two attached hydrogens (primary N) is 1. The lowest BCUT2D eigenvalue weighted by Crippen LogP contribution is -2.39. The summed E-state index contributed by atoms with van der Waals surface area (Å²) in [4.78, 5) is 0.288. The average Bonchev–Trinajstić information content (AvgIpc) is 3.00. The van der Waals surface area contributed by atoms with Gasteiger partial charge in [-0.25, -0.2) is 13.1 Å². The lowest BCUT2D eigenvalue weighted by molar-refractivity contribution is 0.419. The first-order valence-electron chi connectivity index (χ1n) is 7.85. The second-order valence-corrected chi connectivity index (χ2v) is 7.65. The molecule has 0 saturated heterocycles. The molecule has 1 fully saturated rings. The van der Waals surface area contributed by atoms with E-state index in [0.29, 0.717) is 17.7 Å². The molecular formula is C17H22N2O3S. The molecule has 0 radical (unpaired) electrons. The fourth-order valence-corrected chi connectivity index (χ4v) is 4.94. The van der Waals surface area contributed by atoms with Crippen LogP contribution in [-0.4, -0.2) is 28.1 Å². The van der Waals surface area contributed by atoms with Gasteiger partial charge in [-0.3, -0.25) is 0 Å². The second kappa shape index (κ2) is 6.47. The van der Waals surface area contributed by atoms with Gasteiger partial charge in [-0.2, -0.15) is 0 Å². The van der Waals surface area contributed by atoms with Gasteiger partial charge < -0.3 is 10.5 Å². The molecule has 5 nitrogen and oxygen atoms in total.